The van der Waals surface area contributed by atoms with E-state index in [1.54, 1.807) is 0 Å². The molecule has 0 bridgehead atoms. The molecule has 0 atom stereocenters. The maximum absolute atomic E-state index is 13.1. The van der Waals surface area contributed by atoms with Crippen LogP contribution in [0.2, 0.25) is 0 Å². The number of para-hydroxylation sites is 1. The number of hydrogen-bond donors (Lipinski definition) is 0. The van der Waals surface area contributed by atoms with Gasteiger partial charge in [0.1, 0.15) is 6.54 Å². The fourth-order valence-corrected chi connectivity index (χ4v) is 2.65. The fourth-order valence-electron chi connectivity index (χ4n) is 2.65. The minimum Gasteiger partial charge on any atom is -0.383 e. The highest BCUT2D eigenvalue weighted by atomic mass is 19.4. The predicted molar refractivity (Wildman–Crippen MR) is 96.5 cm³/mol. The first-order valence-electron chi connectivity index (χ1n) is 8.40. The summed E-state index contributed by atoms with van der Waals surface area (Å²) in [6, 6.07) is 7.44. The van der Waals surface area contributed by atoms with Gasteiger partial charge >= 0.3 is 6.18 Å². The molecule has 0 unspecified atom stereocenters. The molecule has 2 rings (SSSR count). The van der Waals surface area contributed by atoms with Crippen LogP contribution in [0.1, 0.15) is 15.9 Å². The lowest BCUT2D eigenvalue weighted by molar-refractivity contribution is -0.385. The summed E-state index contributed by atoms with van der Waals surface area (Å²) in [5.74, 6) is -1.01. The number of nitrogens with zero attached hydrogens (tertiary/aromatic N) is 3. The van der Waals surface area contributed by atoms with Gasteiger partial charge in [0.15, 0.2) is 0 Å². The van der Waals surface area contributed by atoms with Gasteiger partial charge in [0.2, 0.25) is 0 Å². The van der Waals surface area contributed by atoms with Gasteiger partial charge in [-0.05, 0) is 6.07 Å². The number of rotatable bonds is 8. The van der Waals surface area contributed by atoms with E-state index >= 15 is 0 Å². The third-order valence-electron chi connectivity index (χ3n) is 3.97. The Labute approximate surface area is 163 Å². The van der Waals surface area contributed by atoms with E-state index in [2.05, 4.69) is 0 Å². The molecule has 11 heteroatoms. The molecular formula is C18H18F3N3O5. The van der Waals surface area contributed by atoms with Crippen LogP contribution in [0, 0.1) is 10.1 Å². The van der Waals surface area contributed by atoms with Gasteiger partial charge in [0.05, 0.1) is 23.6 Å². The van der Waals surface area contributed by atoms with Crippen molar-refractivity contribution in [1.82, 2.24) is 9.47 Å². The molecule has 0 saturated carbocycles. The van der Waals surface area contributed by atoms with Crippen molar-refractivity contribution in [3.63, 3.8) is 0 Å². The Hall–Kier alpha value is -3.21. The van der Waals surface area contributed by atoms with Crippen LogP contribution in [0.5, 0.6) is 0 Å². The van der Waals surface area contributed by atoms with Crippen molar-refractivity contribution in [3.05, 3.63) is 74.2 Å². The Balaban J connectivity index is 2.39. The molecule has 1 heterocycles. The molecular weight excluding hydrogens is 395 g/mol. The van der Waals surface area contributed by atoms with Crippen molar-refractivity contribution < 1.29 is 27.6 Å². The number of amides is 1. The van der Waals surface area contributed by atoms with E-state index in [9.17, 15) is 32.9 Å². The Morgan fingerprint density at radius 3 is 2.55 bits per heavy atom. The molecule has 1 aromatic carbocycles. The lowest BCUT2D eigenvalue weighted by atomic mass is 10.1. The predicted octanol–water partition coefficient (Wildman–Crippen LogP) is 2.61. The molecule has 0 saturated heterocycles. The summed E-state index contributed by atoms with van der Waals surface area (Å²) in [6.07, 6.45) is -3.57. The number of aromatic nitrogens is 1. The van der Waals surface area contributed by atoms with Gasteiger partial charge in [0, 0.05) is 37.5 Å². The van der Waals surface area contributed by atoms with Crippen molar-refractivity contribution in [2.75, 3.05) is 20.3 Å². The zero-order valence-corrected chi connectivity index (χ0v) is 15.4. The first-order valence-corrected chi connectivity index (χ1v) is 8.40. The van der Waals surface area contributed by atoms with E-state index in [0.29, 0.717) is 4.90 Å². The van der Waals surface area contributed by atoms with E-state index in [4.69, 9.17) is 4.74 Å². The Morgan fingerprint density at radius 2 is 1.93 bits per heavy atom. The number of methoxy groups -OCH3 is 1. The average Bonchev–Trinajstić information content (AvgIpc) is 2.65. The molecule has 0 radical (unpaired) electrons. The van der Waals surface area contributed by atoms with Gasteiger partial charge in [-0.2, -0.15) is 13.2 Å². The van der Waals surface area contributed by atoms with E-state index < -0.39 is 41.3 Å². The van der Waals surface area contributed by atoms with Crippen LogP contribution < -0.4 is 5.56 Å². The molecule has 0 aliphatic rings. The maximum Gasteiger partial charge on any atom is 0.406 e. The number of alkyl halides is 3. The topological polar surface area (TPSA) is 94.7 Å². The number of carbonyl (C=O) groups excluding carboxylic acids is 1. The highest BCUT2D eigenvalue weighted by Gasteiger charge is 2.34. The number of pyridine rings is 1. The van der Waals surface area contributed by atoms with Gasteiger partial charge in [-0.25, -0.2) is 0 Å². The summed E-state index contributed by atoms with van der Waals surface area (Å²) in [5, 5.41) is 11.1. The fraction of sp³-hybridized carbons (Fsp3) is 0.333. The van der Waals surface area contributed by atoms with Crippen LogP contribution in [-0.2, 0) is 17.8 Å². The second-order valence-corrected chi connectivity index (χ2v) is 6.10. The zero-order chi connectivity index (χ0) is 21.6. The van der Waals surface area contributed by atoms with Crippen molar-refractivity contribution >= 4 is 11.6 Å². The van der Waals surface area contributed by atoms with Crippen LogP contribution in [0.15, 0.2) is 47.4 Å². The Kier molecular flexibility index (Phi) is 7.10. The monoisotopic (exact) mass is 413 g/mol. The summed E-state index contributed by atoms with van der Waals surface area (Å²) in [6.45, 7) is -1.94. The van der Waals surface area contributed by atoms with Gasteiger partial charge in [-0.3, -0.25) is 19.7 Å². The molecule has 0 aliphatic carbocycles. The third kappa shape index (κ3) is 6.14. The number of hydrogen-bond acceptors (Lipinski definition) is 5. The summed E-state index contributed by atoms with van der Waals surface area (Å²) < 4.78 is 45.2. The van der Waals surface area contributed by atoms with Crippen LogP contribution in [-0.4, -0.2) is 46.7 Å². The van der Waals surface area contributed by atoms with Crippen LogP contribution in [0.4, 0.5) is 18.9 Å². The van der Waals surface area contributed by atoms with E-state index in [0.717, 1.165) is 29.0 Å². The maximum atomic E-state index is 13.1. The lowest BCUT2D eigenvalue weighted by Gasteiger charge is -2.24. The SMILES string of the molecule is COCCn1cc(C(=O)N(Cc2ccccc2[N+](=O)[O-])CC(F)(F)F)ccc1=O. The molecule has 29 heavy (non-hydrogen) atoms. The van der Waals surface area contributed by atoms with Gasteiger partial charge in [-0.15, -0.1) is 0 Å². The van der Waals surface area contributed by atoms with Crippen molar-refractivity contribution in [2.45, 2.75) is 19.3 Å². The molecule has 1 amide bonds. The molecule has 0 aliphatic heterocycles. The molecule has 1 aromatic heterocycles. The number of ether oxygens (including phenoxy) is 1. The summed E-state index contributed by atoms with van der Waals surface area (Å²) in [7, 11) is 1.41. The van der Waals surface area contributed by atoms with Crippen LogP contribution in [0.3, 0.4) is 0 Å². The van der Waals surface area contributed by atoms with E-state index in [1.165, 1.54) is 25.3 Å². The summed E-state index contributed by atoms with van der Waals surface area (Å²) >= 11 is 0. The van der Waals surface area contributed by atoms with Crippen LogP contribution in [0.25, 0.3) is 0 Å². The van der Waals surface area contributed by atoms with E-state index in [-0.39, 0.29) is 24.3 Å². The molecule has 2 aromatic rings. The number of nitro benzene ring substituents is 1. The minimum absolute atomic E-state index is 0.0391. The first-order chi connectivity index (χ1) is 13.6. The normalized spacial score (nSPS) is 11.3. The van der Waals surface area contributed by atoms with Crippen molar-refractivity contribution in [3.8, 4) is 0 Å². The summed E-state index contributed by atoms with van der Waals surface area (Å²) in [4.78, 5) is 35.5. The van der Waals surface area contributed by atoms with Gasteiger partial charge < -0.3 is 14.2 Å². The largest absolute Gasteiger partial charge is 0.406 e. The highest BCUT2D eigenvalue weighted by Crippen LogP contribution is 2.24. The lowest BCUT2D eigenvalue weighted by Crippen LogP contribution is -2.39. The van der Waals surface area contributed by atoms with Crippen molar-refractivity contribution in [1.29, 1.82) is 0 Å². The number of halogens is 3. The van der Waals surface area contributed by atoms with Gasteiger partial charge in [-0.1, -0.05) is 18.2 Å². The Bertz CT molecular complexity index is 943. The second kappa shape index (κ2) is 9.32. The first kappa shape index (κ1) is 22.1. The second-order valence-electron chi connectivity index (χ2n) is 6.10. The van der Waals surface area contributed by atoms with Crippen molar-refractivity contribution in [2.24, 2.45) is 0 Å². The number of benzene rings is 1. The molecule has 0 spiro atoms. The van der Waals surface area contributed by atoms with Gasteiger partial charge in [0.25, 0.3) is 17.2 Å². The summed E-state index contributed by atoms with van der Waals surface area (Å²) in [5.41, 5.74) is -1.02. The standard InChI is InChI=1S/C18H18F3N3O5/c1-29-9-8-22-11-14(6-7-16(22)25)17(26)23(12-18(19,20)21)10-13-4-2-3-5-15(13)24(27)28/h2-7,11H,8-10,12H2,1H3. The molecule has 8 nitrogen and oxygen atoms in total. The quantitative estimate of drug-likeness (QED) is 0.490. The number of nitro groups is 1. The minimum atomic E-state index is -4.72. The third-order valence-corrected chi connectivity index (χ3v) is 3.97. The smallest absolute Gasteiger partial charge is 0.383 e. The molecule has 0 fully saturated rings. The Morgan fingerprint density at radius 1 is 1.24 bits per heavy atom. The highest BCUT2D eigenvalue weighted by molar-refractivity contribution is 5.94. The van der Waals surface area contributed by atoms with E-state index in [1.807, 2.05) is 0 Å². The molecule has 0 N–H and O–H groups in total. The van der Waals surface area contributed by atoms with Crippen LogP contribution >= 0.6 is 0 Å². The molecule has 156 valence electrons. The average molecular weight is 413 g/mol. The number of carbonyl (C=O) groups is 1. The zero-order valence-electron chi connectivity index (χ0n) is 15.4.